The molecule has 0 saturated carbocycles. The Bertz CT molecular complexity index is 717. The molecule has 0 aromatic carbocycles. The normalized spacial score (nSPS) is 23.9. The molecule has 1 aromatic rings. The van der Waals surface area contributed by atoms with Crippen molar-refractivity contribution in [3.05, 3.63) is 46.4 Å². The predicted molar refractivity (Wildman–Crippen MR) is 80.4 cm³/mol. The smallest absolute Gasteiger partial charge is 0.273 e. The molecule has 0 aliphatic carbocycles. The number of likely N-dealkylation sites (tertiary alicyclic amines) is 1. The molecule has 2 aliphatic rings. The Labute approximate surface area is 132 Å². The van der Waals surface area contributed by atoms with Crippen LogP contribution in [0.2, 0.25) is 0 Å². The number of hydrogen-bond acceptors (Lipinski definition) is 5. The van der Waals surface area contributed by atoms with Gasteiger partial charge >= 0.3 is 0 Å². The molecule has 1 N–H and O–H groups in total. The van der Waals surface area contributed by atoms with Crippen molar-refractivity contribution >= 4 is 17.5 Å². The van der Waals surface area contributed by atoms with Crippen molar-refractivity contribution in [2.24, 2.45) is 5.41 Å². The first kappa shape index (κ1) is 15.1. The average Bonchev–Trinajstić information content (AvgIpc) is 2.96. The molecule has 3 heterocycles. The summed E-state index contributed by atoms with van der Waals surface area (Å²) in [7, 11) is 0. The fourth-order valence-electron chi connectivity index (χ4n) is 3.11. The summed E-state index contributed by atoms with van der Waals surface area (Å²) >= 11 is 0. The van der Waals surface area contributed by atoms with Crippen molar-refractivity contribution < 1.29 is 14.5 Å². The number of rotatable bonds is 2. The molecule has 23 heavy (non-hydrogen) atoms. The van der Waals surface area contributed by atoms with Crippen molar-refractivity contribution in [3.63, 3.8) is 0 Å². The number of carbonyl (C=O) groups is 2. The number of nitro groups is 1. The number of allylic oxidation sites excluding steroid dienone is 1. The minimum Gasteiger partial charge on any atom is -0.336 e. The summed E-state index contributed by atoms with van der Waals surface area (Å²) in [5, 5.41) is 13.6. The van der Waals surface area contributed by atoms with Crippen LogP contribution in [0.1, 0.15) is 29.8 Å². The van der Waals surface area contributed by atoms with E-state index in [0.717, 1.165) is 6.07 Å². The third-order valence-electron chi connectivity index (χ3n) is 4.49. The van der Waals surface area contributed by atoms with Crippen LogP contribution in [-0.4, -0.2) is 39.7 Å². The Balaban J connectivity index is 1.77. The molecule has 2 fully saturated rings. The number of carbonyl (C=O) groups excluding carboxylic acids is 2. The third-order valence-corrected chi connectivity index (χ3v) is 4.49. The average molecular weight is 316 g/mol. The van der Waals surface area contributed by atoms with E-state index in [9.17, 15) is 19.7 Å². The third kappa shape index (κ3) is 2.67. The summed E-state index contributed by atoms with van der Waals surface area (Å²) in [4.78, 5) is 40.5. The molecule has 1 aromatic heterocycles. The van der Waals surface area contributed by atoms with Gasteiger partial charge in [-0.1, -0.05) is 6.58 Å². The zero-order valence-corrected chi connectivity index (χ0v) is 12.4. The van der Waals surface area contributed by atoms with E-state index in [-0.39, 0.29) is 23.2 Å². The number of piperidine rings is 1. The largest absolute Gasteiger partial charge is 0.336 e. The van der Waals surface area contributed by atoms with Crippen LogP contribution in [0, 0.1) is 15.5 Å². The fourth-order valence-corrected chi connectivity index (χ4v) is 3.11. The van der Waals surface area contributed by atoms with Gasteiger partial charge in [0.05, 0.1) is 10.3 Å². The second-order valence-corrected chi connectivity index (χ2v) is 5.97. The Hall–Kier alpha value is -2.77. The lowest BCUT2D eigenvalue weighted by Crippen LogP contribution is -2.46. The number of aromatic nitrogens is 1. The van der Waals surface area contributed by atoms with E-state index < -0.39 is 10.3 Å². The standard InChI is InChI=1S/C15H16N4O4/c1-10-2-4-15(14(21)17-10)5-7-18(9-15)13(20)12-8-11(19(22)23)3-6-16-12/h3,6,8H,1-2,4-5,7,9H2,(H,17,21). The zero-order valence-electron chi connectivity index (χ0n) is 12.4. The molecule has 1 spiro atoms. The van der Waals surface area contributed by atoms with E-state index in [2.05, 4.69) is 16.9 Å². The molecule has 1 unspecified atom stereocenters. The lowest BCUT2D eigenvalue weighted by molar-refractivity contribution is -0.385. The van der Waals surface area contributed by atoms with Gasteiger partial charge in [0, 0.05) is 37.1 Å². The second kappa shape index (κ2) is 5.45. The van der Waals surface area contributed by atoms with Crippen LogP contribution >= 0.6 is 0 Å². The van der Waals surface area contributed by atoms with Gasteiger partial charge < -0.3 is 10.2 Å². The minimum atomic E-state index is -0.586. The predicted octanol–water partition coefficient (Wildman–Crippen LogP) is 1.25. The summed E-state index contributed by atoms with van der Waals surface area (Å²) in [6.07, 6.45) is 3.17. The first-order chi connectivity index (χ1) is 10.9. The van der Waals surface area contributed by atoms with E-state index >= 15 is 0 Å². The molecule has 3 rings (SSSR count). The quantitative estimate of drug-likeness (QED) is 0.653. The highest BCUT2D eigenvalue weighted by molar-refractivity contribution is 5.94. The van der Waals surface area contributed by atoms with Crippen LogP contribution in [0.25, 0.3) is 0 Å². The number of nitrogens with zero attached hydrogens (tertiary/aromatic N) is 3. The number of pyridine rings is 1. The van der Waals surface area contributed by atoms with Crippen molar-refractivity contribution in [1.82, 2.24) is 15.2 Å². The molecule has 2 saturated heterocycles. The number of nitrogens with one attached hydrogen (secondary N) is 1. The minimum absolute atomic E-state index is 0.0249. The second-order valence-electron chi connectivity index (χ2n) is 5.97. The SMILES string of the molecule is C=C1CCC2(CCN(C(=O)c3cc([N+](=O)[O-])ccn3)C2)C(=O)N1. The van der Waals surface area contributed by atoms with Gasteiger partial charge in [-0.25, -0.2) is 0 Å². The first-order valence-electron chi connectivity index (χ1n) is 7.30. The molecular weight excluding hydrogens is 300 g/mol. The first-order valence-corrected chi connectivity index (χ1v) is 7.30. The highest BCUT2D eigenvalue weighted by atomic mass is 16.6. The van der Waals surface area contributed by atoms with E-state index in [4.69, 9.17) is 0 Å². The number of hydrogen-bond donors (Lipinski definition) is 1. The number of amides is 2. The van der Waals surface area contributed by atoms with E-state index in [1.54, 1.807) is 4.90 Å². The van der Waals surface area contributed by atoms with Gasteiger partial charge in [0.25, 0.3) is 11.6 Å². The van der Waals surface area contributed by atoms with Crippen LogP contribution in [0.15, 0.2) is 30.6 Å². The molecule has 1 atom stereocenters. The van der Waals surface area contributed by atoms with Gasteiger partial charge in [-0.05, 0) is 19.3 Å². The van der Waals surface area contributed by atoms with E-state index in [0.29, 0.717) is 38.0 Å². The molecule has 2 amide bonds. The maximum atomic E-state index is 12.5. The topological polar surface area (TPSA) is 105 Å². The Morgan fingerprint density at radius 1 is 1.48 bits per heavy atom. The van der Waals surface area contributed by atoms with Crippen LogP contribution < -0.4 is 5.32 Å². The lowest BCUT2D eigenvalue weighted by atomic mass is 9.78. The summed E-state index contributed by atoms with van der Waals surface area (Å²) in [5.74, 6) is -0.487. The van der Waals surface area contributed by atoms with Gasteiger partial charge in [0.2, 0.25) is 5.91 Å². The maximum absolute atomic E-state index is 12.5. The molecule has 2 aliphatic heterocycles. The highest BCUT2D eigenvalue weighted by Gasteiger charge is 2.47. The van der Waals surface area contributed by atoms with Gasteiger partial charge in [-0.3, -0.25) is 24.7 Å². The summed E-state index contributed by atoms with van der Waals surface area (Å²) in [6.45, 7) is 4.50. The highest BCUT2D eigenvalue weighted by Crippen LogP contribution is 2.39. The molecule has 8 nitrogen and oxygen atoms in total. The van der Waals surface area contributed by atoms with E-state index in [1.165, 1.54) is 12.3 Å². The van der Waals surface area contributed by atoms with Crippen molar-refractivity contribution in [3.8, 4) is 0 Å². The van der Waals surface area contributed by atoms with Crippen molar-refractivity contribution in [1.29, 1.82) is 0 Å². The van der Waals surface area contributed by atoms with Crippen LogP contribution in [0.4, 0.5) is 5.69 Å². The molecule has 0 radical (unpaired) electrons. The monoisotopic (exact) mass is 316 g/mol. The van der Waals surface area contributed by atoms with Gasteiger partial charge in [-0.15, -0.1) is 0 Å². The van der Waals surface area contributed by atoms with Gasteiger partial charge in [0.1, 0.15) is 5.69 Å². The fraction of sp³-hybridized carbons (Fsp3) is 0.400. The van der Waals surface area contributed by atoms with Gasteiger partial charge in [-0.2, -0.15) is 0 Å². The Morgan fingerprint density at radius 2 is 2.26 bits per heavy atom. The van der Waals surface area contributed by atoms with Gasteiger partial charge in [0.15, 0.2) is 0 Å². The molecule has 8 heteroatoms. The van der Waals surface area contributed by atoms with E-state index in [1.807, 2.05) is 0 Å². The summed E-state index contributed by atoms with van der Waals surface area (Å²) in [5.41, 5.74) is -0.0380. The van der Waals surface area contributed by atoms with Crippen LogP contribution in [0.5, 0.6) is 0 Å². The Morgan fingerprint density at radius 3 is 2.96 bits per heavy atom. The van der Waals surface area contributed by atoms with Crippen LogP contribution in [0.3, 0.4) is 0 Å². The maximum Gasteiger partial charge on any atom is 0.273 e. The Kier molecular flexibility index (Phi) is 3.59. The summed E-state index contributed by atoms with van der Waals surface area (Å²) < 4.78 is 0. The molecule has 120 valence electrons. The molecule has 0 bridgehead atoms. The van der Waals surface area contributed by atoms with Crippen molar-refractivity contribution in [2.75, 3.05) is 13.1 Å². The molecular formula is C15H16N4O4. The van der Waals surface area contributed by atoms with Crippen molar-refractivity contribution in [2.45, 2.75) is 19.3 Å². The lowest BCUT2D eigenvalue weighted by Gasteiger charge is -2.33. The zero-order chi connectivity index (χ0) is 16.6. The van der Waals surface area contributed by atoms with Crippen LogP contribution in [-0.2, 0) is 4.79 Å². The summed E-state index contributed by atoms with van der Waals surface area (Å²) in [6, 6.07) is 2.40.